The summed E-state index contributed by atoms with van der Waals surface area (Å²) in [7, 11) is 0. The van der Waals surface area contributed by atoms with Crippen molar-refractivity contribution in [1.29, 1.82) is 0 Å². The standard InChI is InChI=1S/C12H12N4O2S/c1-19-12-15-10(13)5-11(16-12)14-7-2-3-8-9(4-7)18-6-17-8/h2-5H,6H2,1H3,(H3,13,14,15,16). The van der Waals surface area contributed by atoms with Gasteiger partial charge in [-0.2, -0.15) is 0 Å². The van der Waals surface area contributed by atoms with Gasteiger partial charge in [-0.1, -0.05) is 11.8 Å². The molecule has 0 atom stereocenters. The fourth-order valence-corrected chi connectivity index (χ4v) is 2.11. The molecule has 0 unspecified atom stereocenters. The number of thioether (sulfide) groups is 1. The van der Waals surface area contributed by atoms with Gasteiger partial charge in [-0.05, 0) is 18.4 Å². The van der Waals surface area contributed by atoms with Gasteiger partial charge in [0.1, 0.15) is 11.6 Å². The molecule has 1 aromatic heterocycles. The maximum atomic E-state index is 5.73. The van der Waals surface area contributed by atoms with E-state index < -0.39 is 0 Å². The van der Waals surface area contributed by atoms with Crippen molar-refractivity contribution >= 4 is 29.1 Å². The van der Waals surface area contributed by atoms with Gasteiger partial charge in [-0.15, -0.1) is 0 Å². The molecule has 1 aromatic carbocycles. The lowest BCUT2D eigenvalue weighted by Crippen LogP contribution is -2.00. The number of nitrogens with zero attached hydrogens (tertiary/aromatic N) is 2. The predicted molar refractivity (Wildman–Crippen MR) is 74.1 cm³/mol. The van der Waals surface area contributed by atoms with Gasteiger partial charge in [0, 0.05) is 17.8 Å². The average molecular weight is 276 g/mol. The third kappa shape index (κ3) is 2.50. The lowest BCUT2D eigenvalue weighted by atomic mass is 10.3. The Morgan fingerprint density at radius 3 is 2.89 bits per heavy atom. The number of nitrogen functional groups attached to an aromatic ring is 1. The van der Waals surface area contributed by atoms with Crippen LogP contribution in [-0.2, 0) is 0 Å². The van der Waals surface area contributed by atoms with Gasteiger partial charge in [0.2, 0.25) is 6.79 Å². The average Bonchev–Trinajstić information content (AvgIpc) is 2.85. The summed E-state index contributed by atoms with van der Waals surface area (Å²) >= 11 is 1.44. The Morgan fingerprint density at radius 2 is 2.05 bits per heavy atom. The molecule has 6 nitrogen and oxygen atoms in total. The normalized spacial score (nSPS) is 12.5. The van der Waals surface area contributed by atoms with E-state index in [0.717, 1.165) is 17.2 Å². The van der Waals surface area contributed by atoms with Crippen LogP contribution in [0.1, 0.15) is 0 Å². The van der Waals surface area contributed by atoms with Crippen LogP contribution in [0.25, 0.3) is 0 Å². The van der Waals surface area contributed by atoms with Crippen LogP contribution in [0, 0.1) is 0 Å². The summed E-state index contributed by atoms with van der Waals surface area (Å²) in [6.07, 6.45) is 1.90. The highest BCUT2D eigenvalue weighted by Gasteiger charge is 2.13. The van der Waals surface area contributed by atoms with Crippen LogP contribution in [-0.4, -0.2) is 23.0 Å². The maximum Gasteiger partial charge on any atom is 0.231 e. The van der Waals surface area contributed by atoms with Crippen molar-refractivity contribution in [2.45, 2.75) is 5.16 Å². The molecule has 3 rings (SSSR count). The number of hydrogen-bond donors (Lipinski definition) is 2. The molecule has 1 aliphatic heterocycles. The number of nitrogens with two attached hydrogens (primary N) is 1. The molecule has 0 fully saturated rings. The third-order valence-electron chi connectivity index (χ3n) is 2.55. The highest BCUT2D eigenvalue weighted by Crippen LogP contribution is 2.35. The summed E-state index contributed by atoms with van der Waals surface area (Å²) in [6.45, 7) is 0.260. The van der Waals surface area contributed by atoms with Crippen LogP contribution < -0.4 is 20.5 Å². The lowest BCUT2D eigenvalue weighted by molar-refractivity contribution is 0.174. The van der Waals surface area contributed by atoms with Crippen molar-refractivity contribution < 1.29 is 9.47 Å². The van der Waals surface area contributed by atoms with Gasteiger partial charge in [-0.3, -0.25) is 0 Å². The second-order valence-electron chi connectivity index (χ2n) is 3.86. The Balaban J connectivity index is 1.86. The molecule has 2 aromatic rings. The zero-order chi connectivity index (χ0) is 13.2. The van der Waals surface area contributed by atoms with Crippen molar-refractivity contribution in [2.24, 2.45) is 0 Å². The van der Waals surface area contributed by atoms with E-state index in [1.165, 1.54) is 11.8 Å². The number of anilines is 3. The van der Waals surface area contributed by atoms with Crippen LogP contribution in [0.4, 0.5) is 17.3 Å². The zero-order valence-electron chi connectivity index (χ0n) is 10.2. The first kappa shape index (κ1) is 11.9. The number of aromatic nitrogens is 2. The molecule has 98 valence electrons. The first-order valence-corrected chi connectivity index (χ1v) is 6.82. The second-order valence-corrected chi connectivity index (χ2v) is 4.63. The predicted octanol–water partition coefficient (Wildman–Crippen LogP) is 2.25. The molecular weight excluding hydrogens is 264 g/mol. The largest absolute Gasteiger partial charge is 0.454 e. The summed E-state index contributed by atoms with van der Waals surface area (Å²) in [4.78, 5) is 8.43. The van der Waals surface area contributed by atoms with Crippen LogP contribution in [0.15, 0.2) is 29.4 Å². The minimum atomic E-state index is 0.260. The van der Waals surface area contributed by atoms with E-state index in [2.05, 4.69) is 15.3 Å². The number of fused-ring (bicyclic) bond motifs is 1. The van der Waals surface area contributed by atoms with Crippen molar-refractivity contribution in [3.8, 4) is 11.5 Å². The number of hydrogen-bond acceptors (Lipinski definition) is 7. The molecule has 0 amide bonds. The third-order valence-corrected chi connectivity index (χ3v) is 3.10. The lowest BCUT2D eigenvalue weighted by Gasteiger charge is -2.08. The molecule has 0 aliphatic carbocycles. The van der Waals surface area contributed by atoms with Gasteiger partial charge in [0.05, 0.1) is 0 Å². The molecule has 2 heterocycles. The Bertz CT molecular complexity index is 621. The van der Waals surface area contributed by atoms with Crippen LogP contribution in [0.5, 0.6) is 11.5 Å². The van der Waals surface area contributed by atoms with Gasteiger partial charge >= 0.3 is 0 Å². The summed E-state index contributed by atoms with van der Waals surface area (Å²) < 4.78 is 10.6. The van der Waals surface area contributed by atoms with E-state index in [1.54, 1.807) is 6.07 Å². The molecular formula is C12H12N4O2S. The summed E-state index contributed by atoms with van der Waals surface area (Å²) in [5.41, 5.74) is 6.59. The summed E-state index contributed by atoms with van der Waals surface area (Å²) in [5, 5.41) is 3.80. The molecule has 0 bridgehead atoms. The number of benzene rings is 1. The Morgan fingerprint density at radius 1 is 1.21 bits per heavy atom. The molecule has 0 saturated heterocycles. The van der Waals surface area contributed by atoms with Gasteiger partial charge in [0.15, 0.2) is 16.7 Å². The number of nitrogens with one attached hydrogen (secondary N) is 1. The van der Waals surface area contributed by atoms with Gasteiger partial charge in [-0.25, -0.2) is 9.97 Å². The minimum absolute atomic E-state index is 0.260. The van der Waals surface area contributed by atoms with E-state index in [9.17, 15) is 0 Å². The van der Waals surface area contributed by atoms with Crippen molar-refractivity contribution in [3.05, 3.63) is 24.3 Å². The Kier molecular flexibility index (Phi) is 3.04. The summed E-state index contributed by atoms with van der Waals surface area (Å²) in [6, 6.07) is 7.29. The molecule has 0 spiro atoms. The van der Waals surface area contributed by atoms with Crippen molar-refractivity contribution in [2.75, 3.05) is 24.1 Å². The first-order valence-electron chi connectivity index (χ1n) is 5.60. The van der Waals surface area contributed by atoms with Crippen molar-refractivity contribution in [1.82, 2.24) is 9.97 Å². The second kappa shape index (κ2) is 4.85. The highest BCUT2D eigenvalue weighted by molar-refractivity contribution is 7.98. The minimum Gasteiger partial charge on any atom is -0.454 e. The van der Waals surface area contributed by atoms with E-state index in [0.29, 0.717) is 16.8 Å². The Hall–Kier alpha value is -2.15. The van der Waals surface area contributed by atoms with E-state index in [4.69, 9.17) is 15.2 Å². The summed E-state index contributed by atoms with van der Waals surface area (Å²) in [5.74, 6) is 2.55. The molecule has 0 radical (unpaired) electrons. The molecule has 7 heteroatoms. The van der Waals surface area contributed by atoms with E-state index in [-0.39, 0.29) is 6.79 Å². The SMILES string of the molecule is CSc1nc(N)cc(Nc2ccc3c(c2)OCO3)n1. The fourth-order valence-electron chi connectivity index (χ4n) is 1.72. The highest BCUT2D eigenvalue weighted by atomic mass is 32.2. The molecule has 1 aliphatic rings. The fraction of sp³-hybridized carbons (Fsp3) is 0.167. The maximum absolute atomic E-state index is 5.73. The number of ether oxygens (including phenoxy) is 2. The topological polar surface area (TPSA) is 82.3 Å². The van der Waals surface area contributed by atoms with Crippen LogP contribution in [0.3, 0.4) is 0 Å². The molecule has 19 heavy (non-hydrogen) atoms. The first-order chi connectivity index (χ1) is 9.24. The van der Waals surface area contributed by atoms with E-state index >= 15 is 0 Å². The molecule has 3 N–H and O–H groups in total. The molecule has 0 saturated carbocycles. The quantitative estimate of drug-likeness (QED) is 0.657. The smallest absolute Gasteiger partial charge is 0.231 e. The monoisotopic (exact) mass is 276 g/mol. The van der Waals surface area contributed by atoms with E-state index in [1.807, 2.05) is 24.5 Å². The van der Waals surface area contributed by atoms with Gasteiger partial charge in [0.25, 0.3) is 0 Å². The Labute approximate surface area is 114 Å². The van der Waals surface area contributed by atoms with Crippen LogP contribution in [0.2, 0.25) is 0 Å². The number of rotatable bonds is 3. The zero-order valence-corrected chi connectivity index (χ0v) is 11.0. The van der Waals surface area contributed by atoms with Crippen molar-refractivity contribution in [3.63, 3.8) is 0 Å². The van der Waals surface area contributed by atoms with Gasteiger partial charge < -0.3 is 20.5 Å². The van der Waals surface area contributed by atoms with Crippen LogP contribution >= 0.6 is 11.8 Å².